The number of nitrogens with one attached hydrogen (secondary N) is 1. The maximum atomic E-state index is 12.3. The highest BCUT2D eigenvalue weighted by molar-refractivity contribution is 5.95. The monoisotopic (exact) mass is 386 g/mol. The molecule has 0 saturated heterocycles. The van der Waals surface area contributed by atoms with Gasteiger partial charge in [0.2, 0.25) is 0 Å². The third-order valence-electron chi connectivity index (χ3n) is 3.43. The number of carbonyl (C=O) groups is 2. The average Bonchev–Trinajstić information content (AvgIpc) is 2.69. The van der Waals surface area contributed by atoms with Crippen molar-refractivity contribution in [2.24, 2.45) is 5.10 Å². The molecule has 148 valence electrons. The Morgan fingerprint density at radius 3 is 2.32 bits per heavy atom. The minimum absolute atomic E-state index is 0.387. The normalized spacial score (nSPS) is 10.5. The first-order valence-electron chi connectivity index (χ1n) is 8.71. The van der Waals surface area contributed by atoms with Crippen LogP contribution in [0.1, 0.15) is 29.8 Å². The van der Waals surface area contributed by atoms with Gasteiger partial charge in [0.25, 0.3) is 5.91 Å². The number of aliphatic carboxylic acids is 1. The first kappa shape index (κ1) is 20.8. The summed E-state index contributed by atoms with van der Waals surface area (Å²) in [4.78, 5) is 22.7. The Balaban J connectivity index is 1.97. The Hall–Kier alpha value is -3.55. The highest BCUT2D eigenvalue weighted by atomic mass is 16.5. The lowest BCUT2D eigenvalue weighted by Crippen LogP contribution is -2.17. The highest BCUT2D eigenvalue weighted by Gasteiger charge is 2.11. The lowest BCUT2D eigenvalue weighted by Gasteiger charge is -2.11. The fraction of sp³-hybridized carbons (Fsp3) is 0.250. The van der Waals surface area contributed by atoms with Crippen LogP contribution < -0.4 is 19.6 Å². The molecule has 0 aliphatic heterocycles. The van der Waals surface area contributed by atoms with E-state index in [9.17, 15) is 9.59 Å². The quantitative estimate of drug-likeness (QED) is 0.480. The predicted molar refractivity (Wildman–Crippen MR) is 103 cm³/mol. The Kier molecular flexibility index (Phi) is 7.83. The van der Waals surface area contributed by atoms with E-state index in [-0.39, 0.29) is 5.91 Å². The van der Waals surface area contributed by atoms with Gasteiger partial charge in [0.15, 0.2) is 18.1 Å². The fourth-order valence-electron chi connectivity index (χ4n) is 2.22. The van der Waals surface area contributed by atoms with E-state index in [0.29, 0.717) is 41.6 Å². The maximum absolute atomic E-state index is 12.3. The van der Waals surface area contributed by atoms with Crippen LogP contribution in [0.3, 0.4) is 0 Å². The van der Waals surface area contributed by atoms with Gasteiger partial charge in [0.1, 0.15) is 5.75 Å². The van der Waals surface area contributed by atoms with E-state index in [1.807, 2.05) is 13.8 Å². The lowest BCUT2D eigenvalue weighted by molar-refractivity contribution is -0.139. The molecule has 0 saturated carbocycles. The summed E-state index contributed by atoms with van der Waals surface area (Å²) in [6.45, 7) is 4.27. The molecule has 0 radical (unpaired) electrons. The highest BCUT2D eigenvalue weighted by Crippen LogP contribution is 2.28. The maximum Gasteiger partial charge on any atom is 0.341 e. The van der Waals surface area contributed by atoms with E-state index >= 15 is 0 Å². The molecule has 0 heterocycles. The van der Waals surface area contributed by atoms with Crippen molar-refractivity contribution in [1.29, 1.82) is 0 Å². The second-order valence-electron chi connectivity index (χ2n) is 5.48. The van der Waals surface area contributed by atoms with E-state index in [0.717, 1.165) is 0 Å². The summed E-state index contributed by atoms with van der Waals surface area (Å²) in [5.41, 5.74) is 3.55. The molecule has 0 aliphatic rings. The Bertz CT molecular complexity index is 833. The summed E-state index contributed by atoms with van der Waals surface area (Å²) >= 11 is 0. The van der Waals surface area contributed by atoms with Crippen LogP contribution in [-0.2, 0) is 4.79 Å². The van der Waals surface area contributed by atoms with Gasteiger partial charge < -0.3 is 19.3 Å². The second kappa shape index (κ2) is 10.6. The van der Waals surface area contributed by atoms with Crippen LogP contribution in [0.15, 0.2) is 47.6 Å². The molecule has 28 heavy (non-hydrogen) atoms. The van der Waals surface area contributed by atoms with E-state index in [2.05, 4.69) is 10.5 Å². The van der Waals surface area contributed by atoms with E-state index in [1.54, 1.807) is 42.5 Å². The number of benzene rings is 2. The molecule has 0 aromatic heterocycles. The van der Waals surface area contributed by atoms with Crippen LogP contribution in [0.4, 0.5) is 0 Å². The van der Waals surface area contributed by atoms with E-state index < -0.39 is 12.6 Å². The van der Waals surface area contributed by atoms with Crippen molar-refractivity contribution in [2.45, 2.75) is 13.8 Å². The standard InChI is InChI=1S/C20H22N2O6/c1-3-26-17-10-7-15(11-18(17)27-4-2)20(25)22-21-12-14-5-8-16(9-6-14)28-13-19(23)24/h5-12H,3-4,13H2,1-2H3,(H,22,25)(H,23,24)/b21-12+. The van der Waals surface area contributed by atoms with E-state index in [4.69, 9.17) is 19.3 Å². The van der Waals surface area contributed by atoms with Gasteiger partial charge in [-0.25, -0.2) is 10.2 Å². The zero-order valence-electron chi connectivity index (χ0n) is 15.7. The van der Waals surface area contributed by atoms with Crippen LogP contribution in [-0.4, -0.2) is 43.0 Å². The largest absolute Gasteiger partial charge is 0.490 e. The Morgan fingerprint density at radius 1 is 1.00 bits per heavy atom. The molecule has 8 nitrogen and oxygen atoms in total. The third-order valence-corrected chi connectivity index (χ3v) is 3.43. The fourth-order valence-corrected chi connectivity index (χ4v) is 2.22. The number of hydrazone groups is 1. The molecule has 2 aromatic rings. The number of carboxylic acid groups (broad SMARTS) is 1. The predicted octanol–water partition coefficient (Wildman–Crippen LogP) is 2.71. The molecule has 0 bridgehead atoms. The van der Waals surface area contributed by atoms with Crippen LogP contribution in [0, 0.1) is 0 Å². The van der Waals surface area contributed by atoms with Gasteiger partial charge in [-0.1, -0.05) is 0 Å². The number of carboxylic acids is 1. The number of ether oxygens (including phenoxy) is 3. The molecule has 1 amide bonds. The van der Waals surface area contributed by atoms with Crippen molar-refractivity contribution in [1.82, 2.24) is 5.43 Å². The van der Waals surface area contributed by atoms with Crippen LogP contribution in [0.25, 0.3) is 0 Å². The van der Waals surface area contributed by atoms with Gasteiger partial charge in [-0.3, -0.25) is 4.79 Å². The van der Waals surface area contributed by atoms with Crippen molar-refractivity contribution in [2.75, 3.05) is 19.8 Å². The molecule has 0 aliphatic carbocycles. The summed E-state index contributed by atoms with van der Waals surface area (Å²) in [5.74, 6) is 0.0748. The molecule has 0 unspecified atom stereocenters. The number of rotatable bonds is 10. The van der Waals surface area contributed by atoms with Gasteiger partial charge in [0.05, 0.1) is 19.4 Å². The smallest absolute Gasteiger partial charge is 0.341 e. The number of carbonyl (C=O) groups excluding carboxylic acids is 1. The molecular formula is C20H22N2O6. The van der Waals surface area contributed by atoms with Crippen molar-refractivity contribution in [3.63, 3.8) is 0 Å². The van der Waals surface area contributed by atoms with Gasteiger partial charge in [-0.2, -0.15) is 5.10 Å². The molecule has 2 N–H and O–H groups in total. The molecule has 2 aromatic carbocycles. The number of nitrogens with zero attached hydrogens (tertiary/aromatic N) is 1. The van der Waals surface area contributed by atoms with Crippen molar-refractivity contribution in [3.05, 3.63) is 53.6 Å². The molecule has 0 spiro atoms. The second-order valence-corrected chi connectivity index (χ2v) is 5.48. The first-order chi connectivity index (χ1) is 13.5. The number of hydrogen-bond acceptors (Lipinski definition) is 6. The Morgan fingerprint density at radius 2 is 1.68 bits per heavy atom. The zero-order chi connectivity index (χ0) is 20.4. The first-order valence-corrected chi connectivity index (χ1v) is 8.71. The minimum atomic E-state index is -1.05. The molecule has 2 rings (SSSR count). The average molecular weight is 386 g/mol. The van der Waals surface area contributed by atoms with Crippen molar-refractivity contribution < 1.29 is 28.9 Å². The summed E-state index contributed by atoms with van der Waals surface area (Å²) in [5, 5.41) is 12.5. The number of hydrogen-bond donors (Lipinski definition) is 2. The third kappa shape index (κ3) is 6.31. The van der Waals surface area contributed by atoms with Gasteiger partial charge in [-0.15, -0.1) is 0 Å². The summed E-state index contributed by atoms with van der Waals surface area (Å²) in [6.07, 6.45) is 1.47. The topological polar surface area (TPSA) is 106 Å². The van der Waals surface area contributed by atoms with Crippen LogP contribution in [0.2, 0.25) is 0 Å². The van der Waals surface area contributed by atoms with E-state index in [1.165, 1.54) is 6.21 Å². The molecule has 0 atom stereocenters. The molecular weight excluding hydrogens is 364 g/mol. The van der Waals surface area contributed by atoms with Crippen molar-refractivity contribution in [3.8, 4) is 17.2 Å². The Labute approximate surface area is 162 Å². The van der Waals surface area contributed by atoms with Crippen molar-refractivity contribution >= 4 is 18.1 Å². The summed E-state index contributed by atoms with van der Waals surface area (Å²) < 4.78 is 16.0. The van der Waals surface area contributed by atoms with Gasteiger partial charge >= 0.3 is 5.97 Å². The summed E-state index contributed by atoms with van der Waals surface area (Å²) in [6, 6.07) is 11.5. The zero-order valence-corrected chi connectivity index (χ0v) is 15.7. The van der Waals surface area contributed by atoms with Gasteiger partial charge in [0, 0.05) is 5.56 Å². The molecule has 8 heteroatoms. The SMILES string of the molecule is CCOc1ccc(C(=O)N/N=C/c2ccc(OCC(=O)O)cc2)cc1OCC. The van der Waals surface area contributed by atoms with Crippen LogP contribution in [0.5, 0.6) is 17.2 Å². The lowest BCUT2D eigenvalue weighted by atomic mass is 10.2. The molecule has 0 fully saturated rings. The minimum Gasteiger partial charge on any atom is -0.490 e. The van der Waals surface area contributed by atoms with Crippen LogP contribution >= 0.6 is 0 Å². The summed E-state index contributed by atoms with van der Waals surface area (Å²) in [7, 11) is 0. The number of amides is 1. The van der Waals surface area contributed by atoms with Gasteiger partial charge in [-0.05, 0) is 61.9 Å².